The SMILES string of the molecule is COc1cc(O)c(CC2CCNCC2)c(Br)c1OC. The van der Waals surface area contributed by atoms with Crippen LogP contribution >= 0.6 is 15.9 Å². The van der Waals surface area contributed by atoms with Crippen LogP contribution in [0.3, 0.4) is 0 Å². The number of halogens is 1. The molecule has 0 amide bonds. The van der Waals surface area contributed by atoms with E-state index in [1.807, 2.05) is 0 Å². The fourth-order valence-corrected chi connectivity index (χ4v) is 3.27. The molecule has 0 aromatic heterocycles. The van der Waals surface area contributed by atoms with Gasteiger partial charge in [-0.15, -0.1) is 0 Å². The highest BCUT2D eigenvalue weighted by atomic mass is 79.9. The van der Waals surface area contributed by atoms with Gasteiger partial charge in [-0.2, -0.15) is 0 Å². The lowest BCUT2D eigenvalue weighted by molar-refractivity contribution is 0.342. The number of rotatable bonds is 4. The van der Waals surface area contributed by atoms with Crippen molar-refractivity contribution >= 4 is 15.9 Å². The van der Waals surface area contributed by atoms with Gasteiger partial charge in [0.15, 0.2) is 11.5 Å². The van der Waals surface area contributed by atoms with Crippen LogP contribution in [-0.2, 0) is 6.42 Å². The van der Waals surface area contributed by atoms with Crippen LogP contribution in [0.4, 0.5) is 0 Å². The first-order chi connectivity index (χ1) is 9.17. The van der Waals surface area contributed by atoms with Crippen molar-refractivity contribution < 1.29 is 14.6 Å². The molecule has 1 aliphatic rings. The van der Waals surface area contributed by atoms with Gasteiger partial charge in [-0.25, -0.2) is 0 Å². The van der Waals surface area contributed by atoms with Crippen molar-refractivity contribution in [1.29, 1.82) is 0 Å². The number of hydrogen-bond donors (Lipinski definition) is 2. The molecule has 2 N–H and O–H groups in total. The quantitative estimate of drug-likeness (QED) is 0.891. The highest BCUT2D eigenvalue weighted by molar-refractivity contribution is 9.10. The average Bonchev–Trinajstić information content (AvgIpc) is 2.44. The molecule has 1 aliphatic heterocycles. The molecule has 0 unspecified atom stereocenters. The van der Waals surface area contributed by atoms with E-state index in [4.69, 9.17) is 9.47 Å². The first-order valence-corrected chi connectivity index (χ1v) is 7.29. The molecule has 0 radical (unpaired) electrons. The molecule has 1 saturated heterocycles. The zero-order valence-corrected chi connectivity index (χ0v) is 12.9. The van der Waals surface area contributed by atoms with Crippen molar-refractivity contribution in [2.24, 2.45) is 5.92 Å². The van der Waals surface area contributed by atoms with Gasteiger partial charge < -0.3 is 19.9 Å². The maximum Gasteiger partial charge on any atom is 0.175 e. The van der Waals surface area contributed by atoms with Crippen LogP contribution in [0.15, 0.2) is 10.5 Å². The number of methoxy groups -OCH3 is 2. The fourth-order valence-electron chi connectivity index (χ4n) is 2.54. The van der Waals surface area contributed by atoms with E-state index < -0.39 is 0 Å². The largest absolute Gasteiger partial charge is 0.507 e. The summed E-state index contributed by atoms with van der Waals surface area (Å²) in [6, 6.07) is 1.63. The summed E-state index contributed by atoms with van der Waals surface area (Å²) in [6.45, 7) is 2.10. The molecule has 1 aromatic rings. The van der Waals surface area contributed by atoms with Crippen LogP contribution < -0.4 is 14.8 Å². The lowest BCUT2D eigenvalue weighted by atomic mass is 9.90. The number of phenolic OH excluding ortho intramolecular Hbond substituents is 1. The third-order valence-corrected chi connectivity index (χ3v) is 4.48. The minimum Gasteiger partial charge on any atom is -0.507 e. The second-order valence-electron chi connectivity index (χ2n) is 4.82. The summed E-state index contributed by atoms with van der Waals surface area (Å²) >= 11 is 3.53. The van der Waals surface area contributed by atoms with E-state index in [1.165, 1.54) is 0 Å². The molecular weight excluding hydrogens is 310 g/mol. The van der Waals surface area contributed by atoms with Gasteiger partial charge in [0.25, 0.3) is 0 Å². The second-order valence-corrected chi connectivity index (χ2v) is 5.61. The Morgan fingerprint density at radius 2 is 2.00 bits per heavy atom. The standard InChI is InChI=1S/C14H20BrNO3/c1-18-12-8-11(17)10(13(15)14(12)19-2)7-9-3-5-16-6-4-9/h8-9,16-17H,3-7H2,1-2H3. The minimum absolute atomic E-state index is 0.267. The van der Waals surface area contributed by atoms with Crippen LogP contribution in [0.2, 0.25) is 0 Å². The summed E-state index contributed by atoms with van der Waals surface area (Å²) in [7, 11) is 3.17. The summed E-state index contributed by atoms with van der Waals surface area (Å²) in [6.07, 6.45) is 3.13. The Morgan fingerprint density at radius 3 is 2.58 bits per heavy atom. The van der Waals surface area contributed by atoms with Crippen LogP contribution in [0.1, 0.15) is 18.4 Å². The van der Waals surface area contributed by atoms with E-state index >= 15 is 0 Å². The molecule has 1 fully saturated rings. The number of benzene rings is 1. The Bertz CT molecular complexity index is 445. The van der Waals surface area contributed by atoms with Crippen molar-refractivity contribution in [3.05, 3.63) is 16.1 Å². The predicted octanol–water partition coefficient (Wildman–Crippen LogP) is 2.71. The summed E-state index contributed by atoms with van der Waals surface area (Å²) in [4.78, 5) is 0. The third kappa shape index (κ3) is 3.15. The molecule has 106 valence electrons. The summed E-state index contributed by atoms with van der Waals surface area (Å²) in [5, 5.41) is 13.5. The Labute approximate surface area is 122 Å². The van der Waals surface area contributed by atoms with E-state index in [-0.39, 0.29) is 5.75 Å². The fraction of sp³-hybridized carbons (Fsp3) is 0.571. The van der Waals surface area contributed by atoms with Crippen molar-refractivity contribution in [2.45, 2.75) is 19.3 Å². The topological polar surface area (TPSA) is 50.7 Å². The van der Waals surface area contributed by atoms with Crippen LogP contribution in [-0.4, -0.2) is 32.4 Å². The minimum atomic E-state index is 0.267. The van der Waals surface area contributed by atoms with E-state index in [2.05, 4.69) is 21.2 Å². The molecule has 19 heavy (non-hydrogen) atoms. The van der Waals surface area contributed by atoms with Gasteiger partial charge >= 0.3 is 0 Å². The van der Waals surface area contributed by atoms with Gasteiger partial charge in [-0.05, 0) is 54.2 Å². The average molecular weight is 330 g/mol. The molecule has 1 heterocycles. The van der Waals surface area contributed by atoms with Crippen molar-refractivity contribution in [2.75, 3.05) is 27.3 Å². The summed E-state index contributed by atoms with van der Waals surface area (Å²) < 4.78 is 11.4. The number of piperidine rings is 1. The molecule has 0 saturated carbocycles. The second kappa shape index (κ2) is 6.48. The van der Waals surface area contributed by atoms with Crippen LogP contribution in [0.25, 0.3) is 0 Å². The van der Waals surface area contributed by atoms with Gasteiger partial charge in [0.2, 0.25) is 0 Å². The van der Waals surface area contributed by atoms with E-state index in [0.29, 0.717) is 17.4 Å². The first-order valence-electron chi connectivity index (χ1n) is 6.50. The molecule has 0 atom stereocenters. The zero-order chi connectivity index (χ0) is 13.8. The predicted molar refractivity (Wildman–Crippen MR) is 78.2 cm³/mol. The Hall–Kier alpha value is -0.940. The number of phenols is 1. The van der Waals surface area contributed by atoms with Crippen molar-refractivity contribution in [1.82, 2.24) is 5.32 Å². The molecule has 4 nitrogen and oxygen atoms in total. The Morgan fingerprint density at radius 1 is 1.32 bits per heavy atom. The highest BCUT2D eigenvalue weighted by Gasteiger charge is 2.21. The van der Waals surface area contributed by atoms with Gasteiger partial charge in [0, 0.05) is 11.6 Å². The zero-order valence-electron chi connectivity index (χ0n) is 11.3. The number of aromatic hydroxyl groups is 1. The van der Waals surface area contributed by atoms with Gasteiger partial charge in [0.05, 0.1) is 18.7 Å². The molecule has 0 aliphatic carbocycles. The summed E-state index contributed by atoms with van der Waals surface area (Å²) in [5.41, 5.74) is 0.907. The maximum absolute atomic E-state index is 10.2. The maximum atomic E-state index is 10.2. The van der Waals surface area contributed by atoms with E-state index in [9.17, 15) is 5.11 Å². The molecule has 2 rings (SSSR count). The molecule has 0 bridgehead atoms. The lowest BCUT2D eigenvalue weighted by Crippen LogP contribution is -2.28. The van der Waals surface area contributed by atoms with Crippen molar-refractivity contribution in [3.8, 4) is 17.2 Å². The highest BCUT2D eigenvalue weighted by Crippen LogP contribution is 2.43. The monoisotopic (exact) mass is 329 g/mol. The molecule has 1 aromatic carbocycles. The smallest absolute Gasteiger partial charge is 0.175 e. The molecular formula is C14H20BrNO3. The van der Waals surface area contributed by atoms with Gasteiger partial charge in [-0.1, -0.05) is 0 Å². The molecule has 0 spiro atoms. The third-order valence-electron chi connectivity index (χ3n) is 3.64. The Balaban J connectivity index is 2.28. The number of hydrogen-bond acceptors (Lipinski definition) is 4. The van der Waals surface area contributed by atoms with Gasteiger partial charge in [0.1, 0.15) is 5.75 Å². The van der Waals surface area contributed by atoms with Crippen molar-refractivity contribution in [3.63, 3.8) is 0 Å². The Kier molecular flexibility index (Phi) is 4.93. The summed E-state index contributed by atoms with van der Waals surface area (Å²) in [5.74, 6) is 2.05. The van der Waals surface area contributed by atoms with Crippen LogP contribution in [0, 0.1) is 5.92 Å². The van der Waals surface area contributed by atoms with Crippen LogP contribution in [0.5, 0.6) is 17.2 Å². The first kappa shape index (κ1) is 14.5. The van der Waals surface area contributed by atoms with Gasteiger partial charge in [-0.3, -0.25) is 0 Å². The normalized spacial score (nSPS) is 16.4. The number of nitrogens with one attached hydrogen (secondary N) is 1. The van der Waals surface area contributed by atoms with E-state index in [1.54, 1.807) is 20.3 Å². The van der Waals surface area contributed by atoms with E-state index in [0.717, 1.165) is 42.4 Å². The molecule has 5 heteroatoms. The lowest BCUT2D eigenvalue weighted by Gasteiger charge is -2.24. The number of ether oxygens (including phenoxy) is 2.